The van der Waals surface area contributed by atoms with Crippen LogP contribution in [0.4, 0.5) is 0 Å². The van der Waals surface area contributed by atoms with Gasteiger partial charge in [-0.2, -0.15) is 0 Å². The first-order chi connectivity index (χ1) is 22.0. The van der Waals surface area contributed by atoms with Crippen molar-refractivity contribution in [3.05, 3.63) is 114 Å². The van der Waals surface area contributed by atoms with Crippen molar-refractivity contribution in [2.24, 2.45) is 11.6 Å². The van der Waals surface area contributed by atoms with E-state index >= 15 is 0 Å². The highest BCUT2D eigenvalue weighted by Gasteiger charge is 2.33. The normalized spacial score (nSPS) is 17.6. The molecule has 232 valence electrons. The van der Waals surface area contributed by atoms with Crippen LogP contribution in [0.1, 0.15) is 30.0 Å². The van der Waals surface area contributed by atoms with Crippen molar-refractivity contribution in [2.45, 2.75) is 50.4 Å². The molecule has 0 bridgehead atoms. The molecule has 1 aromatic heterocycles. The third kappa shape index (κ3) is 7.00. The predicted octanol–water partition coefficient (Wildman–Crippen LogP) is 4.44. The number of nitrogens with zero attached hydrogens (tertiary/aromatic N) is 2. The van der Waals surface area contributed by atoms with Gasteiger partial charge in [-0.1, -0.05) is 54.6 Å². The summed E-state index contributed by atoms with van der Waals surface area (Å²) in [7, 11) is 1.61. The Morgan fingerprint density at radius 1 is 0.956 bits per heavy atom. The average Bonchev–Trinajstić information content (AvgIpc) is 3.68. The molecule has 45 heavy (non-hydrogen) atoms. The van der Waals surface area contributed by atoms with Gasteiger partial charge in [0.15, 0.2) is 0 Å². The van der Waals surface area contributed by atoms with Crippen LogP contribution in [-0.2, 0) is 22.7 Å². The van der Waals surface area contributed by atoms with Gasteiger partial charge in [0.1, 0.15) is 36.2 Å². The number of fused-ring (bicyclic) bond motifs is 1. The van der Waals surface area contributed by atoms with Gasteiger partial charge in [0.25, 0.3) is 0 Å². The zero-order valence-electron chi connectivity index (χ0n) is 25.1. The highest BCUT2D eigenvalue weighted by Crippen LogP contribution is 2.31. The van der Waals surface area contributed by atoms with Crippen molar-refractivity contribution < 1.29 is 19.0 Å². The summed E-state index contributed by atoms with van der Waals surface area (Å²) >= 11 is 0. The maximum Gasteiger partial charge on any atom is 0.237 e. The first kappa shape index (κ1) is 30.3. The van der Waals surface area contributed by atoms with Crippen LogP contribution in [0.25, 0.3) is 22.4 Å². The maximum absolute atomic E-state index is 12.3. The van der Waals surface area contributed by atoms with Crippen LogP contribution < -0.4 is 31.8 Å². The van der Waals surface area contributed by atoms with Gasteiger partial charge in [-0.15, -0.1) is 0 Å². The minimum absolute atomic E-state index is 0.0817. The minimum Gasteiger partial charge on any atom is -0.497 e. The lowest BCUT2D eigenvalue weighted by Crippen LogP contribution is -2.54. The van der Waals surface area contributed by atoms with E-state index in [1.54, 1.807) is 7.11 Å². The summed E-state index contributed by atoms with van der Waals surface area (Å²) in [5.74, 6) is 7.57. The van der Waals surface area contributed by atoms with Crippen molar-refractivity contribution in [3.63, 3.8) is 0 Å². The fourth-order valence-corrected chi connectivity index (χ4v) is 5.83. The van der Waals surface area contributed by atoms with E-state index in [1.165, 1.54) is 0 Å². The molecular formula is C35H38N6O4. The lowest BCUT2D eigenvalue weighted by molar-refractivity contribution is -0.121. The van der Waals surface area contributed by atoms with Gasteiger partial charge in [-0.3, -0.25) is 16.0 Å². The Kier molecular flexibility index (Phi) is 9.37. The van der Waals surface area contributed by atoms with E-state index in [9.17, 15) is 4.79 Å². The van der Waals surface area contributed by atoms with Crippen LogP contribution in [0.5, 0.6) is 11.5 Å². The van der Waals surface area contributed by atoms with Crippen LogP contribution in [0.15, 0.2) is 103 Å². The molecule has 10 heteroatoms. The van der Waals surface area contributed by atoms with E-state index in [0.29, 0.717) is 18.9 Å². The first-order valence-corrected chi connectivity index (χ1v) is 15.1. The summed E-state index contributed by atoms with van der Waals surface area (Å²) in [6.07, 6.45) is 1.18. The van der Waals surface area contributed by atoms with Gasteiger partial charge in [-0.25, -0.2) is 10.4 Å². The summed E-state index contributed by atoms with van der Waals surface area (Å²) < 4.78 is 20.0. The third-order valence-electron chi connectivity index (χ3n) is 8.17. The Hall–Kier alpha value is -4.74. The Morgan fingerprint density at radius 3 is 2.38 bits per heavy atom. The number of imidazole rings is 1. The molecule has 6 N–H and O–H groups in total. The number of carbonyl (C=O) groups excluding carboxylic acids is 1. The molecule has 1 fully saturated rings. The van der Waals surface area contributed by atoms with E-state index in [0.717, 1.165) is 52.1 Å². The number of nitrogens with one attached hydrogen (secondary N) is 2. The number of benzene rings is 4. The molecule has 1 aliphatic rings. The summed E-state index contributed by atoms with van der Waals surface area (Å²) in [6, 6.07) is 32.4. The van der Waals surface area contributed by atoms with Crippen LogP contribution in [0.2, 0.25) is 0 Å². The van der Waals surface area contributed by atoms with E-state index < -0.39 is 18.0 Å². The van der Waals surface area contributed by atoms with E-state index in [2.05, 4.69) is 21.4 Å². The van der Waals surface area contributed by atoms with Gasteiger partial charge in [0, 0.05) is 5.56 Å². The average molecular weight is 607 g/mol. The molecule has 2 unspecified atom stereocenters. The molecule has 0 saturated carbocycles. The van der Waals surface area contributed by atoms with E-state index in [-0.39, 0.29) is 12.3 Å². The number of rotatable bonds is 13. The van der Waals surface area contributed by atoms with Gasteiger partial charge < -0.3 is 24.5 Å². The number of methoxy groups -OCH3 is 1. The number of nitrogens with two attached hydrogens (primary N) is 2. The quantitative estimate of drug-likeness (QED) is 0.114. The molecular weight excluding hydrogens is 568 g/mol. The zero-order valence-corrected chi connectivity index (χ0v) is 25.1. The Balaban J connectivity index is 1.18. The van der Waals surface area contributed by atoms with Crippen molar-refractivity contribution in [1.82, 2.24) is 20.3 Å². The van der Waals surface area contributed by atoms with Gasteiger partial charge in [-0.05, 0) is 72.5 Å². The topological polar surface area (TPSA) is 139 Å². The fourth-order valence-electron chi connectivity index (χ4n) is 5.83. The number of amides is 1. The van der Waals surface area contributed by atoms with Crippen LogP contribution in [0, 0.1) is 0 Å². The summed E-state index contributed by atoms with van der Waals surface area (Å²) in [6.45, 7) is 1.12. The Bertz CT molecular complexity index is 1710. The second kappa shape index (κ2) is 13.9. The third-order valence-corrected chi connectivity index (χ3v) is 8.17. The summed E-state index contributed by atoms with van der Waals surface area (Å²) in [5, 5.41) is 3.48. The molecule has 4 aromatic carbocycles. The molecule has 1 aliphatic heterocycles. The van der Waals surface area contributed by atoms with Crippen molar-refractivity contribution in [3.8, 4) is 22.9 Å². The number of hydrazine groups is 1. The molecule has 2 heterocycles. The molecule has 10 nitrogen and oxygen atoms in total. The Morgan fingerprint density at radius 2 is 1.67 bits per heavy atom. The lowest BCUT2D eigenvalue weighted by atomic mass is 9.98. The molecule has 0 aliphatic carbocycles. The number of carbonyl (C=O) groups is 1. The Labute approximate surface area is 262 Å². The largest absolute Gasteiger partial charge is 0.497 e. The number of aromatic nitrogens is 2. The highest BCUT2D eigenvalue weighted by atomic mass is 16.5. The second-order valence-electron chi connectivity index (χ2n) is 11.1. The van der Waals surface area contributed by atoms with Crippen LogP contribution in [-0.4, -0.2) is 40.9 Å². The number of para-hydroxylation sites is 2. The van der Waals surface area contributed by atoms with Gasteiger partial charge in [0.2, 0.25) is 5.91 Å². The smallest absolute Gasteiger partial charge is 0.237 e. The maximum atomic E-state index is 12.3. The standard InChI is InChI=1S/C35H38N6O4/c1-43-26-15-11-24(12-16-26)32(33(40-37)34(36)42)39-31-20-19-28(45-31)21-41-30-10-6-5-9-29(30)38-35(41)25-13-17-27(18-14-25)44-22-23-7-3-2-4-8-23/h2-18,28,31-33,39-40H,19-22,37H2,1H3,(H2,36,42)/t28-,31+,32?,33?/m0/s1. The van der Waals surface area contributed by atoms with Crippen molar-refractivity contribution in [1.29, 1.82) is 0 Å². The second-order valence-corrected chi connectivity index (χ2v) is 11.1. The zero-order chi connectivity index (χ0) is 31.2. The number of ether oxygens (including phenoxy) is 3. The molecule has 5 aromatic rings. The lowest BCUT2D eigenvalue weighted by Gasteiger charge is -2.29. The monoisotopic (exact) mass is 606 g/mol. The minimum atomic E-state index is -0.843. The molecule has 6 rings (SSSR count). The fraction of sp³-hybridized carbons (Fsp3) is 0.257. The molecule has 0 spiro atoms. The number of primary amides is 1. The van der Waals surface area contributed by atoms with Crippen LogP contribution in [0.3, 0.4) is 0 Å². The van der Waals surface area contributed by atoms with E-state index in [1.807, 2.05) is 97.1 Å². The molecule has 0 radical (unpaired) electrons. The van der Waals surface area contributed by atoms with Crippen molar-refractivity contribution in [2.75, 3.05) is 7.11 Å². The first-order valence-electron chi connectivity index (χ1n) is 15.1. The molecule has 4 atom stereocenters. The predicted molar refractivity (Wildman–Crippen MR) is 173 cm³/mol. The number of hydrogen-bond donors (Lipinski definition) is 4. The summed E-state index contributed by atoms with van der Waals surface area (Å²) in [5.41, 5.74) is 13.2. The van der Waals surface area contributed by atoms with E-state index in [4.69, 9.17) is 30.8 Å². The van der Waals surface area contributed by atoms with Gasteiger partial charge >= 0.3 is 0 Å². The highest BCUT2D eigenvalue weighted by molar-refractivity contribution is 5.81. The molecule has 1 amide bonds. The van der Waals surface area contributed by atoms with Crippen LogP contribution >= 0.6 is 0 Å². The molecule has 1 saturated heterocycles. The number of hydrogen-bond acceptors (Lipinski definition) is 8. The summed E-state index contributed by atoms with van der Waals surface area (Å²) in [4.78, 5) is 17.3. The van der Waals surface area contributed by atoms with Crippen molar-refractivity contribution >= 4 is 16.9 Å². The van der Waals surface area contributed by atoms with Gasteiger partial charge in [0.05, 0.1) is 36.8 Å². The SMILES string of the molecule is COc1ccc(C(N[C@H]2CC[C@@H](Cn3c(-c4ccc(OCc5ccccc5)cc4)nc4ccccc43)O2)C(NN)C(N)=O)cc1.